The number of rotatable bonds is 1. The zero-order chi connectivity index (χ0) is 9.85. The molecule has 3 atom stereocenters. The Labute approximate surface area is 75.1 Å². The Morgan fingerprint density at radius 3 is 2.92 bits per heavy atom. The van der Waals surface area contributed by atoms with Gasteiger partial charge >= 0.3 is 5.97 Å². The molecule has 0 radical (unpaired) electrons. The summed E-state index contributed by atoms with van der Waals surface area (Å²) < 4.78 is 9.96. The highest BCUT2D eigenvalue weighted by molar-refractivity contribution is 5.69. The lowest BCUT2D eigenvalue weighted by Crippen LogP contribution is -2.28. The van der Waals surface area contributed by atoms with E-state index in [2.05, 4.69) is 6.58 Å². The molecule has 2 aliphatic rings. The number of nitrogens with two attached hydrogens (primary N) is 1. The number of hydrogen-bond donors (Lipinski definition) is 2. The van der Waals surface area contributed by atoms with Crippen molar-refractivity contribution in [2.75, 3.05) is 6.61 Å². The van der Waals surface area contributed by atoms with Gasteiger partial charge in [-0.15, -0.1) is 0 Å². The molecule has 0 aromatic carbocycles. The van der Waals surface area contributed by atoms with Crippen LogP contribution in [0.1, 0.15) is 6.92 Å². The summed E-state index contributed by atoms with van der Waals surface area (Å²) in [5, 5.41) is 9.72. The summed E-state index contributed by atoms with van der Waals surface area (Å²) in [5.41, 5.74) is 4.88. The van der Waals surface area contributed by atoms with Crippen LogP contribution in [0.2, 0.25) is 0 Å². The predicted molar refractivity (Wildman–Crippen MR) is 42.5 cm³/mol. The van der Waals surface area contributed by atoms with Gasteiger partial charge in [0.1, 0.15) is 6.04 Å². The molecule has 1 heterocycles. The molecular weight excluding hydrogens is 174 g/mol. The molecule has 1 saturated heterocycles. The Bertz CT molecular complexity index is 303. The van der Waals surface area contributed by atoms with Gasteiger partial charge in [0.15, 0.2) is 0 Å². The Balaban J connectivity index is 2.31. The topological polar surface area (TPSA) is 81.8 Å². The van der Waals surface area contributed by atoms with Gasteiger partial charge in [-0.3, -0.25) is 4.79 Å². The molecule has 5 nitrogen and oxygen atoms in total. The van der Waals surface area contributed by atoms with E-state index in [1.165, 1.54) is 6.92 Å². The van der Waals surface area contributed by atoms with Crippen molar-refractivity contribution in [3.05, 3.63) is 12.2 Å². The number of esters is 1. The van der Waals surface area contributed by atoms with Crippen molar-refractivity contribution >= 4 is 5.97 Å². The third-order valence-electron chi connectivity index (χ3n) is 2.60. The fourth-order valence-corrected chi connectivity index (χ4v) is 1.84. The van der Waals surface area contributed by atoms with E-state index in [-0.39, 0.29) is 6.61 Å². The van der Waals surface area contributed by atoms with Gasteiger partial charge in [-0.1, -0.05) is 6.58 Å². The first-order valence-electron chi connectivity index (χ1n) is 3.95. The summed E-state index contributed by atoms with van der Waals surface area (Å²) in [6.45, 7) is 5.09. The van der Waals surface area contributed by atoms with Crippen molar-refractivity contribution in [1.82, 2.24) is 0 Å². The lowest BCUT2D eigenvalue weighted by atomic mass is 10.1. The highest BCUT2D eigenvalue weighted by Crippen LogP contribution is 2.59. The van der Waals surface area contributed by atoms with Crippen LogP contribution in [0.3, 0.4) is 0 Å². The quantitative estimate of drug-likeness (QED) is 0.400. The minimum Gasteiger partial charge on any atom is -0.447 e. The highest BCUT2D eigenvalue weighted by atomic mass is 16.7. The van der Waals surface area contributed by atoms with Crippen molar-refractivity contribution in [3.8, 4) is 0 Å². The zero-order valence-corrected chi connectivity index (χ0v) is 7.24. The molecule has 2 rings (SSSR count). The maximum Gasteiger partial charge on any atom is 0.303 e. The SMILES string of the molecule is C=C1COC2(O)C(N)[C@@]12OC(C)=O. The second-order valence-electron chi connectivity index (χ2n) is 3.40. The van der Waals surface area contributed by atoms with E-state index < -0.39 is 23.4 Å². The van der Waals surface area contributed by atoms with Crippen molar-refractivity contribution in [2.24, 2.45) is 5.73 Å². The Morgan fingerprint density at radius 2 is 2.54 bits per heavy atom. The van der Waals surface area contributed by atoms with Crippen LogP contribution in [0.5, 0.6) is 0 Å². The van der Waals surface area contributed by atoms with Crippen LogP contribution in [-0.4, -0.2) is 35.1 Å². The van der Waals surface area contributed by atoms with Gasteiger partial charge in [0.05, 0.1) is 6.61 Å². The fraction of sp³-hybridized carbons (Fsp3) is 0.625. The minimum atomic E-state index is -1.55. The number of carbonyl (C=O) groups excluding carboxylic acids is 1. The van der Waals surface area contributed by atoms with Crippen LogP contribution in [0.15, 0.2) is 12.2 Å². The summed E-state index contributed by atoms with van der Waals surface area (Å²) in [5.74, 6) is -2.05. The normalized spacial score (nSPS) is 47.3. The van der Waals surface area contributed by atoms with Gasteiger partial charge < -0.3 is 20.3 Å². The van der Waals surface area contributed by atoms with Crippen LogP contribution in [0.4, 0.5) is 0 Å². The van der Waals surface area contributed by atoms with E-state index in [1.807, 2.05) is 0 Å². The van der Waals surface area contributed by atoms with Crippen LogP contribution in [0, 0.1) is 0 Å². The second-order valence-corrected chi connectivity index (χ2v) is 3.40. The molecule has 0 spiro atoms. The average Bonchev–Trinajstić information content (AvgIpc) is 2.33. The highest BCUT2D eigenvalue weighted by Gasteiger charge is 2.85. The zero-order valence-electron chi connectivity index (χ0n) is 7.24. The number of carbonyl (C=O) groups is 1. The summed E-state index contributed by atoms with van der Waals surface area (Å²) in [7, 11) is 0. The Hall–Kier alpha value is -0.910. The largest absolute Gasteiger partial charge is 0.447 e. The molecule has 13 heavy (non-hydrogen) atoms. The number of hydrogen-bond acceptors (Lipinski definition) is 5. The molecule has 5 heteroatoms. The van der Waals surface area contributed by atoms with Crippen molar-refractivity contribution < 1.29 is 19.4 Å². The molecule has 2 fully saturated rings. The average molecular weight is 185 g/mol. The maximum atomic E-state index is 10.8. The van der Waals surface area contributed by atoms with E-state index in [1.54, 1.807) is 0 Å². The van der Waals surface area contributed by atoms with E-state index in [0.717, 1.165) is 0 Å². The summed E-state index contributed by atoms with van der Waals surface area (Å²) in [6.07, 6.45) is 0. The monoisotopic (exact) mass is 185 g/mol. The third kappa shape index (κ3) is 0.744. The van der Waals surface area contributed by atoms with Crippen LogP contribution >= 0.6 is 0 Å². The fourth-order valence-electron chi connectivity index (χ4n) is 1.84. The second kappa shape index (κ2) is 2.12. The van der Waals surface area contributed by atoms with Crippen LogP contribution < -0.4 is 5.73 Å². The molecule has 72 valence electrons. The number of ether oxygens (including phenoxy) is 2. The first-order valence-corrected chi connectivity index (χ1v) is 3.95. The van der Waals surface area contributed by atoms with E-state index >= 15 is 0 Å². The molecule has 1 aliphatic heterocycles. The Kier molecular flexibility index (Phi) is 1.41. The van der Waals surface area contributed by atoms with Gasteiger partial charge in [0, 0.05) is 6.92 Å². The molecule has 0 aromatic rings. The summed E-state index contributed by atoms with van der Waals surface area (Å²) in [6, 6.07) is -0.717. The van der Waals surface area contributed by atoms with Crippen LogP contribution in [0.25, 0.3) is 0 Å². The van der Waals surface area contributed by atoms with Gasteiger partial charge in [0.25, 0.3) is 0 Å². The van der Waals surface area contributed by atoms with Crippen molar-refractivity contribution in [3.63, 3.8) is 0 Å². The molecule has 0 aromatic heterocycles. The molecule has 1 saturated carbocycles. The van der Waals surface area contributed by atoms with Gasteiger partial charge in [-0.05, 0) is 5.57 Å². The first kappa shape index (κ1) is 8.68. The smallest absolute Gasteiger partial charge is 0.303 e. The molecule has 1 aliphatic carbocycles. The first-order chi connectivity index (χ1) is 5.95. The number of fused-ring (bicyclic) bond motifs is 1. The van der Waals surface area contributed by atoms with E-state index in [4.69, 9.17) is 15.2 Å². The number of aliphatic hydroxyl groups is 1. The lowest BCUT2D eigenvalue weighted by Gasteiger charge is -2.13. The van der Waals surface area contributed by atoms with E-state index in [0.29, 0.717) is 5.57 Å². The van der Waals surface area contributed by atoms with E-state index in [9.17, 15) is 9.90 Å². The predicted octanol–water partition coefficient (Wildman–Crippen LogP) is -1.10. The molecule has 2 unspecified atom stereocenters. The molecular formula is C8H11NO4. The lowest BCUT2D eigenvalue weighted by molar-refractivity contribution is -0.163. The molecule has 3 N–H and O–H groups in total. The molecule has 0 amide bonds. The van der Waals surface area contributed by atoms with Gasteiger partial charge in [0.2, 0.25) is 11.4 Å². The standard InChI is InChI=1S/C8H11NO4/c1-4-3-12-8(11)6(9)7(4,8)13-5(2)10/h6,11H,1,3,9H2,2H3/t6?,7-,8?/m0/s1. The van der Waals surface area contributed by atoms with Gasteiger partial charge in [-0.25, -0.2) is 0 Å². The Morgan fingerprint density at radius 1 is 1.92 bits per heavy atom. The van der Waals surface area contributed by atoms with Crippen LogP contribution in [-0.2, 0) is 14.3 Å². The van der Waals surface area contributed by atoms with Crippen molar-refractivity contribution in [2.45, 2.75) is 24.4 Å². The molecule has 0 bridgehead atoms. The maximum absolute atomic E-state index is 10.8. The third-order valence-corrected chi connectivity index (χ3v) is 2.60. The summed E-state index contributed by atoms with van der Waals surface area (Å²) >= 11 is 0. The summed E-state index contributed by atoms with van der Waals surface area (Å²) in [4.78, 5) is 10.8. The van der Waals surface area contributed by atoms with Crippen molar-refractivity contribution in [1.29, 1.82) is 0 Å². The minimum absolute atomic E-state index is 0.178. The van der Waals surface area contributed by atoms with Gasteiger partial charge in [-0.2, -0.15) is 0 Å².